The molecule has 1 aromatic rings. The summed E-state index contributed by atoms with van der Waals surface area (Å²) >= 11 is 0. The van der Waals surface area contributed by atoms with Crippen LogP contribution in [0.15, 0.2) is 29.3 Å². The molecular formula is C20H30N4O2. The number of carbonyl (C=O) groups is 1. The van der Waals surface area contributed by atoms with Gasteiger partial charge in [0.2, 0.25) is 5.91 Å². The van der Waals surface area contributed by atoms with Crippen molar-refractivity contribution in [3.63, 3.8) is 0 Å². The lowest BCUT2D eigenvalue weighted by molar-refractivity contribution is -0.117. The van der Waals surface area contributed by atoms with E-state index in [1.165, 1.54) is 18.4 Å². The largest absolute Gasteiger partial charge is 0.379 e. The summed E-state index contributed by atoms with van der Waals surface area (Å²) in [7, 11) is 3.82. The van der Waals surface area contributed by atoms with E-state index < -0.39 is 0 Å². The predicted molar refractivity (Wildman–Crippen MR) is 104 cm³/mol. The lowest BCUT2D eigenvalue weighted by atomic mass is 10.2. The number of guanidine groups is 1. The van der Waals surface area contributed by atoms with Gasteiger partial charge >= 0.3 is 0 Å². The standard InChI is InChI=1S/C20H30N4O2/c1-21-20(23(2)12-13-26-15-17-5-6-17)22-14-16-7-9-18(10-8-16)24-11-3-4-19(24)25/h7-10,17H,3-6,11-15H2,1-2H3,(H,21,22). The molecule has 0 bridgehead atoms. The molecule has 1 heterocycles. The molecule has 3 rings (SSSR count). The minimum Gasteiger partial charge on any atom is -0.379 e. The summed E-state index contributed by atoms with van der Waals surface area (Å²) in [6.45, 7) is 3.98. The van der Waals surface area contributed by atoms with Gasteiger partial charge in [0, 0.05) is 52.4 Å². The first-order valence-corrected chi connectivity index (χ1v) is 9.56. The molecule has 1 aliphatic carbocycles. The molecule has 0 atom stereocenters. The van der Waals surface area contributed by atoms with Gasteiger partial charge in [-0.15, -0.1) is 0 Å². The van der Waals surface area contributed by atoms with Crippen molar-refractivity contribution in [2.24, 2.45) is 10.9 Å². The number of rotatable bonds is 8. The molecule has 1 saturated carbocycles. The molecule has 0 aromatic heterocycles. The van der Waals surface area contributed by atoms with Crippen molar-refractivity contribution in [1.29, 1.82) is 0 Å². The van der Waals surface area contributed by atoms with Crippen molar-refractivity contribution in [3.8, 4) is 0 Å². The van der Waals surface area contributed by atoms with E-state index in [-0.39, 0.29) is 5.91 Å². The third-order valence-electron chi connectivity index (χ3n) is 4.97. The molecule has 1 N–H and O–H groups in total. The molecule has 1 aliphatic heterocycles. The highest BCUT2D eigenvalue weighted by atomic mass is 16.5. The van der Waals surface area contributed by atoms with Crippen molar-refractivity contribution < 1.29 is 9.53 Å². The van der Waals surface area contributed by atoms with Crippen molar-refractivity contribution >= 4 is 17.6 Å². The van der Waals surface area contributed by atoms with Crippen LogP contribution in [0, 0.1) is 5.92 Å². The maximum absolute atomic E-state index is 11.8. The number of aliphatic imine (C=N–C) groups is 1. The Morgan fingerprint density at radius 3 is 2.73 bits per heavy atom. The van der Waals surface area contributed by atoms with Gasteiger partial charge in [-0.25, -0.2) is 0 Å². The topological polar surface area (TPSA) is 57.2 Å². The van der Waals surface area contributed by atoms with Crippen LogP contribution in [0.4, 0.5) is 5.69 Å². The molecule has 1 aromatic carbocycles. The van der Waals surface area contributed by atoms with Gasteiger partial charge in [0.15, 0.2) is 5.96 Å². The Hall–Kier alpha value is -2.08. The first-order valence-electron chi connectivity index (χ1n) is 9.56. The number of nitrogens with one attached hydrogen (secondary N) is 1. The van der Waals surface area contributed by atoms with Gasteiger partial charge in [0.25, 0.3) is 0 Å². The van der Waals surface area contributed by atoms with Gasteiger partial charge in [-0.1, -0.05) is 12.1 Å². The summed E-state index contributed by atoms with van der Waals surface area (Å²) < 4.78 is 5.70. The van der Waals surface area contributed by atoms with Crippen LogP contribution >= 0.6 is 0 Å². The van der Waals surface area contributed by atoms with E-state index in [9.17, 15) is 4.79 Å². The molecule has 26 heavy (non-hydrogen) atoms. The number of nitrogens with zero attached hydrogens (tertiary/aromatic N) is 3. The fourth-order valence-electron chi connectivity index (χ4n) is 3.12. The third-order valence-corrected chi connectivity index (χ3v) is 4.97. The average Bonchev–Trinajstić information content (AvgIpc) is 3.39. The van der Waals surface area contributed by atoms with E-state index in [0.717, 1.165) is 50.3 Å². The second-order valence-electron chi connectivity index (χ2n) is 7.16. The van der Waals surface area contributed by atoms with E-state index in [0.29, 0.717) is 13.0 Å². The maximum Gasteiger partial charge on any atom is 0.227 e. The summed E-state index contributed by atoms with van der Waals surface area (Å²) in [5.41, 5.74) is 2.16. The number of hydrogen-bond acceptors (Lipinski definition) is 3. The Morgan fingerprint density at radius 2 is 2.12 bits per heavy atom. The molecule has 6 heteroatoms. The third kappa shape index (κ3) is 5.21. The molecular weight excluding hydrogens is 328 g/mol. The number of likely N-dealkylation sites (N-methyl/N-ethyl adjacent to an activating group) is 1. The first kappa shape index (κ1) is 18.7. The Balaban J connectivity index is 1.43. The fraction of sp³-hybridized carbons (Fsp3) is 0.600. The first-order chi connectivity index (χ1) is 12.7. The second kappa shape index (κ2) is 9.03. The molecule has 0 radical (unpaired) electrons. The smallest absolute Gasteiger partial charge is 0.227 e. The Labute approximate surface area is 156 Å². The van der Waals surface area contributed by atoms with Crippen molar-refractivity contribution in [1.82, 2.24) is 10.2 Å². The number of carbonyl (C=O) groups excluding carboxylic acids is 1. The highest BCUT2D eigenvalue weighted by molar-refractivity contribution is 5.95. The molecule has 1 amide bonds. The Kier molecular flexibility index (Phi) is 6.50. The highest BCUT2D eigenvalue weighted by Gasteiger charge is 2.22. The predicted octanol–water partition coefficient (Wildman–Crippen LogP) is 2.25. The molecule has 142 valence electrons. The van der Waals surface area contributed by atoms with Gasteiger partial charge < -0.3 is 19.9 Å². The maximum atomic E-state index is 11.8. The molecule has 0 spiro atoms. The molecule has 0 unspecified atom stereocenters. The van der Waals surface area contributed by atoms with Crippen LogP contribution in [0.25, 0.3) is 0 Å². The van der Waals surface area contributed by atoms with Crippen LogP contribution in [-0.2, 0) is 16.1 Å². The molecule has 2 aliphatic rings. The van der Waals surface area contributed by atoms with Crippen LogP contribution in [0.1, 0.15) is 31.2 Å². The van der Waals surface area contributed by atoms with Crippen LogP contribution in [0.3, 0.4) is 0 Å². The van der Waals surface area contributed by atoms with E-state index in [4.69, 9.17) is 4.74 Å². The van der Waals surface area contributed by atoms with Crippen LogP contribution in [0.2, 0.25) is 0 Å². The highest BCUT2D eigenvalue weighted by Crippen LogP contribution is 2.28. The summed E-state index contributed by atoms with van der Waals surface area (Å²) in [5, 5.41) is 3.39. The fourth-order valence-corrected chi connectivity index (χ4v) is 3.12. The SMILES string of the molecule is CN=C(NCc1ccc(N2CCCC2=O)cc1)N(C)CCOCC1CC1. The van der Waals surface area contributed by atoms with E-state index >= 15 is 0 Å². The lowest BCUT2D eigenvalue weighted by Crippen LogP contribution is -2.40. The van der Waals surface area contributed by atoms with E-state index in [2.05, 4.69) is 27.3 Å². The zero-order valence-corrected chi connectivity index (χ0v) is 15.9. The average molecular weight is 358 g/mol. The number of ether oxygens (including phenoxy) is 1. The normalized spacial score (nSPS) is 17.7. The minimum absolute atomic E-state index is 0.224. The minimum atomic E-state index is 0.224. The molecule has 2 fully saturated rings. The summed E-state index contributed by atoms with van der Waals surface area (Å²) in [5.74, 6) is 1.89. The van der Waals surface area contributed by atoms with Crippen molar-refractivity contribution in [2.45, 2.75) is 32.2 Å². The van der Waals surface area contributed by atoms with E-state index in [1.807, 2.05) is 24.1 Å². The number of amides is 1. The monoisotopic (exact) mass is 358 g/mol. The van der Waals surface area contributed by atoms with Crippen LogP contribution in [0.5, 0.6) is 0 Å². The zero-order chi connectivity index (χ0) is 18.4. The van der Waals surface area contributed by atoms with Crippen LogP contribution in [-0.4, -0.2) is 57.2 Å². The summed E-state index contributed by atoms with van der Waals surface area (Å²) in [4.78, 5) is 20.1. The number of hydrogen-bond donors (Lipinski definition) is 1. The van der Waals surface area contributed by atoms with Gasteiger partial charge in [0.1, 0.15) is 0 Å². The molecule has 1 saturated heterocycles. The molecule has 6 nitrogen and oxygen atoms in total. The van der Waals surface area contributed by atoms with Crippen molar-refractivity contribution in [3.05, 3.63) is 29.8 Å². The van der Waals surface area contributed by atoms with Gasteiger partial charge in [-0.2, -0.15) is 0 Å². The van der Waals surface area contributed by atoms with Crippen molar-refractivity contribution in [2.75, 3.05) is 45.3 Å². The van der Waals surface area contributed by atoms with Gasteiger partial charge in [0.05, 0.1) is 6.61 Å². The number of benzene rings is 1. The van der Waals surface area contributed by atoms with Crippen LogP contribution < -0.4 is 10.2 Å². The van der Waals surface area contributed by atoms with Gasteiger partial charge in [-0.3, -0.25) is 9.79 Å². The Bertz CT molecular complexity index is 625. The van der Waals surface area contributed by atoms with E-state index in [1.54, 1.807) is 7.05 Å². The summed E-state index contributed by atoms with van der Waals surface area (Å²) in [6, 6.07) is 8.19. The van der Waals surface area contributed by atoms with Gasteiger partial charge in [-0.05, 0) is 42.9 Å². The quantitative estimate of drug-likeness (QED) is 0.440. The number of anilines is 1. The zero-order valence-electron chi connectivity index (χ0n) is 15.9. The second-order valence-corrected chi connectivity index (χ2v) is 7.16. The lowest BCUT2D eigenvalue weighted by Gasteiger charge is -2.22. The summed E-state index contributed by atoms with van der Waals surface area (Å²) in [6.07, 6.45) is 4.26. The Morgan fingerprint density at radius 1 is 1.35 bits per heavy atom.